The Kier molecular flexibility index (Phi) is 7.98. The van der Waals surface area contributed by atoms with Crippen molar-refractivity contribution in [3.05, 3.63) is 58.7 Å². The summed E-state index contributed by atoms with van der Waals surface area (Å²) in [4.78, 5) is 24.0. The van der Waals surface area contributed by atoms with Crippen molar-refractivity contribution in [3.8, 4) is 0 Å². The third-order valence-electron chi connectivity index (χ3n) is 4.63. The molecule has 1 atom stereocenters. The normalized spacial score (nSPS) is 12.5. The molecule has 0 aliphatic carbocycles. The van der Waals surface area contributed by atoms with Gasteiger partial charge in [0.15, 0.2) is 0 Å². The number of aromatic carboxylic acids is 2. The summed E-state index contributed by atoms with van der Waals surface area (Å²) >= 11 is 0. The molecule has 2 rings (SSSR count). The monoisotopic (exact) mass is 432 g/mol. The van der Waals surface area contributed by atoms with Crippen LogP contribution in [-0.2, 0) is 20.0 Å². The van der Waals surface area contributed by atoms with Gasteiger partial charge in [0.1, 0.15) is 6.10 Å². The number of rotatable bonds is 11. The zero-order valence-corrected chi connectivity index (χ0v) is 17.8. The Balaban J connectivity index is 2.94. The maximum absolute atomic E-state index is 12.0. The van der Waals surface area contributed by atoms with Crippen LogP contribution in [0.15, 0.2) is 36.4 Å². The van der Waals surface area contributed by atoms with Crippen LogP contribution in [0.5, 0.6) is 0 Å². The predicted octanol–water partition coefficient (Wildman–Crippen LogP) is 3.25. The molecule has 0 fully saturated rings. The summed E-state index contributed by atoms with van der Waals surface area (Å²) in [6.45, 7) is 5.53. The molecule has 0 aromatic heterocycles. The Morgan fingerprint density at radius 2 is 1.39 bits per heavy atom. The van der Waals surface area contributed by atoms with Crippen LogP contribution in [0, 0.1) is 0 Å². The molecular formula is C22H28N2O7. The maximum atomic E-state index is 12.0. The van der Waals surface area contributed by atoms with E-state index >= 15 is 0 Å². The van der Waals surface area contributed by atoms with Gasteiger partial charge in [-0.15, -0.1) is 0 Å². The highest BCUT2D eigenvalue weighted by Crippen LogP contribution is 2.46. The molecule has 9 heteroatoms. The molecular weight excluding hydrogens is 404 g/mol. The summed E-state index contributed by atoms with van der Waals surface area (Å²) < 4.78 is 18.1. The van der Waals surface area contributed by atoms with E-state index in [1.54, 1.807) is 20.8 Å². The van der Waals surface area contributed by atoms with Crippen molar-refractivity contribution in [3.63, 3.8) is 0 Å². The topological polar surface area (TPSA) is 154 Å². The standard InChI is InChI=1S/C22H28N2O7/c1-4-29-19(17-11-13(23)7-9-15(17)20(25)26)22(30-5-2,31-6-3)18-12-14(24)8-10-16(18)21(27)28/h7-12,19H,4-6,23-24H2,1-3H3,(H,25,26)(H,27,28). The van der Waals surface area contributed by atoms with Crippen molar-refractivity contribution >= 4 is 23.3 Å². The van der Waals surface area contributed by atoms with E-state index in [-0.39, 0.29) is 47.8 Å². The van der Waals surface area contributed by atoms with Gasteiger partial charge in [-0.05, 0) is 57.2 Å². The zero-order chi connectivity index (χ0) is 23.2. The number of hydrogen-bond acceptors (Lipinski definition) is 7. The molecule has 2 aromatic rings. The van der Waals surface area contributed by atoms with Gasteiger partial charge in [-0.25, -0.2) is 9.59 Å². The number of nitrogens with two attached hydrogens (primary N) is 2. The third kappa shape index (κ3) is 4.96. The summed E-state index contributed by atoms with van der Waals surface area (Å²) in [6, 6.07) is 8.52. The SMILES string of the molecule is CCOC(c1cc(N)ccc1C(=O)O)C(OCC)(OCC)c1cc(N)ccc1C(=O)O. The van der Waals surface area contributed by atoms with Crippen LogP contribution < -0.4 is 11.5 Å². The van der Waals surface area contributed by atoms with Crippen molar-refractivity contribution in [1.29, 1.82) is 0 Å². The maximum Gasteiger partial charge on any atom is 0.336 e. The van der Waals surface area contributed by atoms with Crippen LogP contribution in [-0.4, -0.2) is 42.0 Å². The number of ether oxygens (including phenoxy) is 3. The van der Waals surface area contributed by atoms with E-state index in [4.69, 9.17) is 25.7 Å². The molecule has 6 N–H and O–H groups in total. The van der Waals surface area contributed by atoms with Crippen LogP contribution in [0.25, 0.3) is 0 Å². The summed E-state index contributed by atoms with van der Waals surface area (Å²) in [7, 11) is 0. The van der Waals surface area contributed by atoms with E-state index in [1.807, 2.05) is 0 Å². The van der Waals surface area contributed by atoms with Crippen molar-refractivity contribution in [2.75, 3.05) is 31.3 Å². The minimum Gasteiger partial charge on any atom is -0.478 e. The van der Waals surface area contributed by atoms with Crippen LogP contribution in [0.1, 0.15) is 58.7 Å². The lowest BCUT2D eigenvalue weighted by Crippen LogP contribution is -2.43. The van der Waals surface area contributed by atoms with E-state index in [9.17, 15) is 19.8 Å². The Labute approximate surface area is 180 Å². The minimum atomic E-state index is -1.80. The van der Waals surface area contributed by atoms with Crippen LogP contribution in [0.3, 0.4) is 0 Å². The summed E-state index contributed by atoms with van der Waals surface area (Å²) in [5.74, 6) is -4.23. The Morgan fingerprint density at radius 1 is 0.871 bits per heavy atom. The van der Waals surface area contributed by atoms with E-state index in [2.05, 4.69) is 0 Å². The van der Waals surface area contributed by atoms with E-state index < -0.39 is 23.8 Å². The molecule has 0 heterocycles. The van der Waals surface area contributed by atoms with Crippen molar-refractivity contribution in [2.24, 2.45) is 0 Å². The van der Waals surface area contributed by atoms with E-state index in [0.717, 1.165) is 0 Å². The number of nitrogen functional groups attached to an aromatic ring is 2. The Morgan fingerprint density at radius 3 is 1.87 bits per heavy atom. The van der Waals surface area contributed by atoms with Gasteiger partial charge in [0.25, 0.3) is 0 Å². The lowest BCUT2D eigenvalue weighted by Gasteiger charge is -2.41. The molecule has 168 valence electrons. The second-order valence-electron chi connectivity index (χ2n) is 6.63. The van der Waals surface area contributed by atoms with E-state index in [0.29, 0.717) is 5.69 Å². The summed E-state index contributed by atoms with van der Waals surface area (Å²) in [6.07, 6.45) is -1.16. The first kappa shape index (κ1) is 24.1. The molecule has 0 bridgehead atoms. The second kappa shape index (κ2) is 10.3. The highest BCUT2D eigenvalue weighted by molar-refractivity contribution is 5.91. The lowest BCUT2D eigenvalue weighted by atomic mass is 9.87. The van der Waals surface area contributed by atoms with Gasteiger partial charge in [0.05, 0.1) is 11.1 Å². The quantitative estimate of drug-likeness (QED) is 0.309. The molecule has 0 saturated carbocycles. The number of benzene rings is 2. The number of hydrogen-bond donors (Lipinski definition) is 4. The smallest absolute Gasteiger partial charge is 0.336 e. The second-order valence-corrected chi connectivity index (χ2v) is 6.63. The fourth-order valence-corrected chi connectivity index (χ4v) is 3.52. The molecule has 2 aromatic carbocycles. The van der Waals surface area contributed by atoms with E-state index in [1.165, 1.54) is 36.4 Å². The van der Waals surface area contributed by atoms with Gasteiger partial charge >= 0.3 is 11.9 Å². The molecule has 9 nitrogen and oxygen atoms in total. The van der Waals surface area contributed by atoms with Gasteiger partial charge < -0.3 is 35.9 Å². The molecule has 31 heavy (non-hydrogen) atoms. The first-order valence-corrected chi connectivity index (χ1v) is 9.87. The molecule has 0 aliphatic heterocycles. The predicted molar refractivity (Wildman–Crippen MR) is 115 cm³/mol. The van der Waals surface area contributed by atoms with Crippen molar-refractivity contribution in [2.45, 2.75) is 32.7 Å². The largest absolute Gasteiger partial charge is 0.478 e. The van der Waals surface area contributed by atoms with Crippen LogP contribution in [0.2, 0.25) is 0 Å². The van der Waals surface area contributed by atoms with Gasteiger partial charge in [-0.2, -0.15) is 0 Å². The van der Waals surface area contributed by atoms with Crippen LogP contribution >= 0.6 is 0 Å². The highest BCUT2D eigenvalue weighted by Gasteiger charge is 2.48. The summed E-state index contributed by atoms with van der Waals surface area (Å²) in [5.41, 5.74) is 12.6. The highest BCUT2D eigenvalue weighted by atomic mass is 16.7. The molecule has 0 aliphatic rings. The molecule has 0 radical (unpaired) electrons. The Hall–Kier alpha value is -3.14. The first-order valence-electron chi connectivity index (χ1n) is 9.87. The van der Waals surface area contributed by atoms with Crippen LogP contribution in [0.4, 0.5) is 11.4 Å². The molecule has 0 amide bonds. The van der Waals surface area contributed by atoms with Gasteiger partial charge in [-0.1, -0.05) is 0 Å². The zero-order valence-electron chi connectivity index (χ0n) is 17.8. The molecule has 0 spiro atoms. The van der Waals surface area contributed by atoms with Gasteiger partial charge in [0, 0.05) is 42.3 Å². The van der Waals surface area contributed by atoms with Crippen molar-refractivity contribution in [1.82, 2.24) is 0 Å². The van der Waals surface area contributed by atoms with Gasteiger partial charge in [-0.3, -0.25) is 0 Å². The lowest BCUT2D eigenvalue weighted by molar-refractivity contribution is -0.302. The average molecular weight is 432 g/mol. The Bertz CT molecular complexity index is 939. The van der Waals surface area contributed by atoms with Crippen molar-refractivity contribution < 1.29 is 34.0 Å². The fourth-order valence-electron chi connectivity index (χ4n) is 3.52. The number of anilines is 2. The third-order valence-corrected chi connectivity index (χ3v) is 4.63. The number of carboxylic acids is 2. The molecule has 0 saturated heterocycles. The number of carbonyl (C=O) groups is 2. The average Bonchev–Trinajstić information content (AvgIpc) is 2.71. The number of carboxylic acid groups (broad SMARTS) is 2. The molecule has 1 unspecified atom stereocenters. The fraction of sp³-hybridized carbons (Fsp3) is 0.364. The minimum absolute atomic E-state index is 0.0720. The summed E-state index contributed by atoms with van der Waals surface area (Å²) in [5, 5.41) is 19.6. The first-order chi connectivity index (χ1) is 14.7. The van der Waals surface area contributed by atoms with Gasteiger partial charge in [0.2, 0.25) is 5.79 Å².